The van der Waals surface area contributed by atoms with Gasteiger partial charge in [-0.2, -0.15) is 5.10 Å². The van der Waals surface area contributed by atoms with Crippen LogP contribution in [0.15, 0.2) is 66.9 Å². The molecule has 0 aliphatic carbocycles. The molecule has 9 nitrogen and oxygen atoms in total. The number of para-hydroxylation sites is 1. The van der Waals surface area contributed by atoms with E-state index in [1.165, 1.54) is 23.0 Å². The number of ether oxygens (including phenoxy) is 1. The molecule has 5 rings (SSSR count). The fourth-order valence-electron chi connectivity index (χ4n) is 4.44. The predicted molar refractivity (Wildman–Crippen MR) is 154 cm³/mol. The third-order valence-electron chi connectivity index (χ3n) is 6.53. The highest BCUT2D eigenvalue weighted by Gasteiger charge is 2.21. The van der Waals surface area contributed by atoms with Crippen LogP contribution in [-0.2, 0) is 10.0 Å². The highest BCUT2D eigenvalue weighted by Crippen LogP contribution is 2.30. The van der Waals surface area contributed by atoms with E-state index in [0.29, 0.717) is 33.6 Å². The topological polar surface area (TPSA) is 132 Å². The summed E-state index contributed by atoms with van der Waals surface area (Å²) in [5.41, 5.74) is 9.63. The number of aromatic nitrogens is 3. The first-order valence-electron chi connectivity index (χ1n) is 12.7. The number of carbonyl (C=O) groups excluding carboxylic acids is 1. The maximum atomic E-state index is 14.0. The summed E-state index contributed by atoms with van der Waals surface area (Å²) in [4.78, 5) is 16.4. The molecule has 0 saturated heterocycles. The molecule has 0 unspecified atom stereocenters. The number of sulfonamides is 1. The molecule has 0 fully saturated rings. The lowest BCUT2D eigenvalue weighted by atomic mass is 10.1. The summed E-state index contributed by atoms with van der Waals surface area (Å²) in [5.74, 6) is -0.565. The summed E-state index contributed by atoms with van der Waals surface area (Å²) in [5, 5.41) is 5.02. The van der Waals surface area contributed by atoms with E-state index in [2.05, 4.69) is 14.8 Å². The molecule has 0 aliphatic heterocycles. The average molecular weight is 580 g/mol. The Morgan fingerprint density at radius 2 is 1.88 bits per heavy atom. The summed E-state index contributed by atoms with van der Waals surface area (Å²) in [7, 11) is -3.72. The fourth-order valence-corrected chi connectivity index (χ4v) is 5.59. The van der Waals surface area contributed by atoms with E-state index < -0.39 is 28.3 Å². The molecule has 212 valence electrons. The van der Waals surface area contributed by atoms with Crippen molar-refractivity contribution in [2.45, 2.75) is 20.3 Å². The van der Waals surface area contributed by atoms with Crippen LogP contribution in [0.5, 0.6) is 11.5 Å². The standard InChI is InChI=1S/C29H27F2N5O4S/c1-17-12-19-14-25(34-24(19)15-23(17)35-41(38,39)11-5-10-30)28(37)21-16-33-36(29(21)32)26-9-8-20(13-18(26)2)40-27-7-4-3-6-22(27)31/h3-4,6-9,12-16,34-35H,5,10-11,32H2,1-2H3. The minimum atomic E-state index is -3.72. The van der Waals surface area contributed by atoms with Crippen molar-refractivity contribution in [2.75, 3.05) is 22.9 Å². The van der Waals surface area contributed by atoms with Gasteiger partial charge in [0.15, 0.2) is 11.6 Å². The van der Waals surface area contributed by atoms with E-state index in [9.17, 15) is 22.0 Å². The number of H-pyrrole nitrogens is 1. The minimum absolute atomic E-state index is 0.0981. The number of aryl methyl sites for hydroxylation is 2. The number of hydrogen-bond donors (Lipinski definition) is 3. The number of fused-ring (bicyclic) bond motifs is 1. The Morgan fingerprint density at radius 3 is 2.61 bits per heavy atom. The van der Waals surface area contributed by atoms with Crippen molar-refractivity contribution >= 4 is 38.2 Å². The smallest absolute Gasteiger partial charge is 0.232 e. The normalized spacial score (nSPS) is 11.6. The summed E-state index contributed by atoms with van der Waals surface area (Å²) >= 11 is 0. The number of anilines is 2. The van der Waals surface area contributed by atoms with Crippen LogP contribution in [0, 0.1) is 19.7 Å². The van der Waals surface area contributed by atoms with Gasteiger partial charge in [-0.25, -0.2) is 17.5 Å². The van der Waals surface area contributed by atoms with Gasteiger partial charge < -0.3 is 15.5 Å². The van der Waals surface area contributed by atoms with Gasteiger partial charge in [-0.1, -0.05) is 12.1 Å². The summed E-state index contributed by atoms with van der Waals surface area (Å²) < 4.78 is 60.5. The molecule has 4 N–H and O–H groups in total. The van der Waals surface area contributed by atoms with Gasteiger partial charge in [-0.15, -0.1) is 0 Å². The zero-order valence-electron chi connectivity index (χ0n) is 22.2. The van der Waals surface area contributed by atoms with E-state index in [1.807, 2.05) is 6.92 Å². The lowest BCUT2D eigenvalue weighted by Gasteiger charge is -2.12. The SMILES string of the molecule is Cc1cc2cc(C(=O)c3cnn(-c4ccc(Oc5ccccc5F)cc4C)c3N)[nH]c2cc1NS(=O)(=O)CCCF. The summed E-state index contributed by atoms with van der Waals surface area (Å²) in [6.07, 6.45) is 1.28. The highest BCUT2D eigenvalue weighted by atomic mass is 32.2. The molecule has 0 aliphatic rings. The van der Waals surface area contributed by atoms with Crippen LogP contribution in [0.25, 0.3) is 16.6 Å². The van der Waals surface area contributed by atoms with Crippen molar-refractivity contribution in [3.8, 4) is 17.2 Å². The first-order valence-corrected chi connectivity index (χ1v) is 14.3. The molecule has 3 aromatic carbocycles. The number of rotatable bonds is 10. The van der Waals surface area contributed by atoms with E-state index in [0.717, 1.165) is 5.56 Å². The Labute approximate surface area is 235 Å². The van der Waals surface area contributed by atoms with Gasteiger partial charge in [0.05, 0.1) is 41.3 Å². The number of hydrogen-bond acceptors (Lipinski definition) is 6. The van der Waals surface area contributed by atoms with Gasteiger partial charge in [0.25, 0.3) is 0 Å². The van der Waals surface area contributed by atoms with Crippen LogP contribution >= 0.6 is 0 Å². The van der Waals surface area contributed by atoms with Crippen molar-refractivity contribution in [3.63, 3.8) is 0 Å². The number of nitrogens with two attached hydrogens (primary N) is 1. The highest BCUT2D eigenvalue weighted by molar-refractivity contribution is 7.92. The van der Waals surface area contributed by atoms with Crippen LogP contribution in [0.1, 0.15) is 33.6 Å². The summed E-state index contributed by atoms with van der Waals surface area (Å²) in [6, 6.07) is 16.2. The number of nitrogens with zero attached hydrogens (tertiary/aromatic N) is 2. The molecule has 0 atom stereocenters. The predicted octanol–water partition coefficient (Wildman–Crippen LogP) is 5.82. The van der Waals surface area contributed by atoms with Crippen LogP contribution < -0.4 is 15.2 Å². The van der Waals surface area contributed by atoms with Crippen LogP contribution in [0.4, 0.5) is 20.3 Å². The number of ketones is 1. The second-order valence-corrected chi connectivity index (χ2v) is 11.4. The number of nitrogen functional groups attached to an aromatic ring is 1. The van der Waals surface area contributed by atoms with E-state index in [4.69, 9.17) is 10.5 Å². The third kappa shape index (κ3) is 5.78. The molecule has 0 spiro atoms. The van der Waals surface area contributed by atoms with Crippen LogP contribution in [-0.4, -0.2) is 41.4 Å². The first-order chi connectivity index (χ1) is 19.6. The van der Waals surface area contributed by atoms with Gasteiger partial charge >= 0.3 is 0 Å². The maximum absolute atomic E-state index is 14.0. The number of alkyl halides is 1. The molecule has 2 aromatic heterocycles. The zero-order chi connectivity index (χ0) is 29.3. The lowest BCUT2D eigenvalue weighted by Crippen LogP contribution is -2.17. The van der Waals surface area contributed by atoms with Crippen LogP contribution in [0.3, 0.4) is 0 Å². The number of aromatic amines is 1. The van der Waals surface area contributed by atoms with Gasteiger partial charge in [-0.3, -0.25) is 13.9 Å². The average Bonchev–Trinajstić information content (AvgIpc) is 3.51. The molecule has 0 bridgehead atoms. The fraction of sp³-hybridized carbons (Fsp3) is 0.172. The summed E-state index contributed by atoms with van der Waals surface area (Å²) in [6.45, 7) is 2.82. The maximum Gasteiger partial charge on any atom is 0.232 e. The molecule has 12 heteroatoms. The van der Waals surface area contributed by atoms with Crippen molar-refractivity contribution in [2.24, 2.45) is 0 Å². The monoisotopic (exact) mass is 579 g/mol. The number of carbonyl (C=O) groups is 1. The lowest BCUT2D eigenvalue weighted by molar-refractivity contribution is 0.103. The Hall–Kier alpha value is -4.71. The second kappa shape index (κ2) is 11.0. The van der Waals surface area contributed by atoms with E-state index in [1.54, 1.807) is 55.5 Å². The van der Waals surface area contributed by atoms with E-state index in [-0.39, 0.29) is 35.0 Å². The number of halogens is 2. The van der Waals surface area contributed by atoms with E-state index >= 15 is 0 Å². The molecular formula is C29H27F2N5O4S. The Bertz CT molecular complexity index is 1880. The molecule has 41 heavy (non-hydrogen) atoms. The van der Waals surface area contributed by atoms with Crippen molar-refractivity contribution in [1.82, 2.24) is 14.8 Å². The zero-order valence-corrected chi connectivity index (χ0v) is 23.1. The molecule has 0 amide bonds. The first kappa shape index (κ1) is 27.8. The molecule has 0 saturated carbocycles. The molecular weight excluding hydrogens is 552 g/mol. The van der Waals surface area contributed by atoms with Crippen molar-refractivity contribution in [3.05, 3.63) is 95.1 Å². The van der Waals surface area contributed by atoms with Gasteiger partial charge in [0, 0.05) is 10.9 Å². The largest absolute Gasteiger partial charge is 0.454 e. The van der Waals surface area contributed by atoms with Gasteiger partial charge in [0.2, 0.25) is 15.8 Å². The quantitative estimate of drug-likeness (QED) is 0.179. The molecule has 0 radical (unpaired) electrons. The van der Waals surface area contributed by atoms with Crippen molar-refractivity contribution < 1.29 is 26.7 Å². The van der Waals surface area contributed by atoms with Gasteiger partial charge in [0.1, 0.15) is 11.6 Å². The minimum Gasteiger partial charge on any atom is -0.454 e. The van der Waals surface area contributed by atoms with Crippen LogP contribution in [0.2, 0.25) is 0 Å². The molecule has 5 aromatic rings. The van der Waals surface area contributed by atoms with Crippen molar-refractivity contribution in [1.29, 1.82) is 0 Å². The Morgan fingerprint density at radius 1 is 1.10 bits per heavy atom. The van der Waals surface area contributed by atoms with Gasteiger partial charge in [-0.05, 0) is 79.9 Å². The second-order valence-electron chi connectivity index (χ2n) is 9.57. The Balaban J connectivity index is 1.39. The Kier molecular flexibility index (Phi) is 7.50. The molecule has 2 heterocycles. The number of nitrogens with one attached hydrogen (secondary N) is 2. The number of benzene rings is 3. The third-order valence-corrected chi connectivity index (χ3v) is 7.89.